The Morgan fingerprint density at radius 3 is 2.07 bits per heavy atom. The van der Waals surface area contributed by atoms with E-state index in [1.807, 2.05) is 12.1 Å². The number of hydrogen-bond acceptors (Lipinski definition) is 7. The fourth-order valence-corrected chi connectivity index (χ4v) is 3.53. The summed E-state index contributed by atoms with van der Waals surface area (Å²) in [6.07, 6.45) is 0. The largest absolute Gasteiger partial charge is 0.505 e. The van der Waals surface area contributed by atoms with Crippen molar-refractivity contribution in [2.24, 2.45) is 0 Å². The Hall–Kier alpha value is -3.59. The summed E-state index contributed by atoms with van der Waals surface area (Å²) < 4.78 is 34.9. The lowest BCUT2D eigenvalue weighted by Crippen LogP contribution is -2.10. The van der Waals surface area contributed by atoms with Crippen LogP contribution in [0.4, 0.5) is 0 Å². The Balaban J connectivity index is 1.62. The highest BCUT2D eigenvalue weighted by molar-refractivity contribution is 7.87. The second-order valence-corrected chi connectivity index (χ2v) is 7.39. The molecule has 1 aromatic heterocycles. The van der Waals surface area contributed by atoms with Gasteiger partial charge in [0.1, 0.15) is 38.9 Å². The molecule has 142 valence electrons. The number of ether oxygens (including phenoxy) is 1. The van der Waals surface area contributed by atoms with Crippen molar-refractivity contribution >= 4 is 21.2 Å². The first-order valence-electron chi connectivity index (χ1n) is 8.20. The molecular weight excluding hydrogens is 382 g/mol. The van der Waals surface area contributed by atoms with E-state index < -0.39 is 10.1 Å². The van der Waals surface area contributed by atoms with Crippen LogP contribution in [0.2, 0.25) is 0 Å². The van der Waals surface area contributed by atoms with E-state index in [-0.39, 0.29) is 16.4 Å². The van der Waals surface area contributed by atoms with Crippen LogP contribution >= 0.6 is 0 Å². The zero-order valence-corrected chi connectivity index (χ0v) is 15.5. The van der Waals surface area contributed by atoms with Crippen LogP contribution in [-0.2, 0) is 10.1 Å². The Morgan fingerprint density at radius 2 is 1.50 bits per heavy atom. The quantitative estimate of drug-likeness (QED) is 0.516. The maximum atomic E-state index is 12.4. The molecule has 0 radical (unpaired) electrons. The van der Waals surface area contributed by atoms with Gasteiger partial charge in [-0.25, -0.2) is 0 Å². The van der Waals surface area contributed by atoms with Gasteiger partial charge in [-0.05, 0) is 48.5 Å². The highest BCUT2D eigenvalue weighted by Crippen LogP contribution is 2.29. The topological polar surface area (TPSA) is 104 Å². The van der Waals surface area contributed by atoms with Crippen LogP contribution in [0.3, 0.4) is 0 Å². The average molecular weight is 397 g/mol. The standard InChI is InChI=1S/C19H15N3O5S/c1-26-13-6-9-15(10-7-13)28(24,25)27-14-8-11-18(19(23)12-14)22-20-16-4-2-3-5-17(16)21-22/h2-12,23H,1H3. The molecule has 3 aromatic carbocycles. The van der Waals surface area contributed by atoms with E-state index in [1.165, 1.54) is 54.4 Å². The molecule has 28 heavy (non-hydrogen) atoms. The molecule has 4 aromatic rings. The first-order chi connectivity index (χ1) is 13.5. The number of fused-ring (bicyclic) bond motifs is 1. The Kier molecular flexibility index (Phi) is 4.36. The molecule has 0 saturated carbocycles. The molecule has 0 spiro atoms. The fraction of sp³-hybridized carbons (Fsp3) is 0.0526. The third-order valence-corrected chi connectivity index (χ3v) is 5.26. The number of nitrogens with zero attached hydrogens (tertiary/aromatic N) is 3. The maximum Gasteiger partial charge on any atom is 0.339 e. The number of phenols is 1. The number of aromatic nitrogens is 3. The number of methoxy groups -OCH3 is 1. The minimum Gasteiger partial charge on any atom is -0.505 e. The zero-order valence-electron chi connectivity index (χ0n) is 14.7. The summed E-state index contributed by atoms with van der Waals surface area (Å²) in [5, 5.41) is 18.9. The minimum absolute atomic E-state index is 0.0307. The molecule has 8 nitrogen and oxygen atoms in total. The molecule has 1 N–H and O–H groups in total. The van der Waals surface area contributed by atoms with E-state index in [0.717, 1.165) is 0 Å². The molecule has 0 fully saturated rings. The molecule has 0 saturated heterocycles. The van der Waals surface area contributed by atoms with Crippen LogP contribution in [0.25, 0.3) is 16.7 Å². The molecule has 1 heterocycles. The van der Waals surface area contributed by atoms with Crippen molar-refractivity contribution in [3.63, 3.8) is 0 Å². The van der Waals surface area contributed by atoms with E-state index in [1.54, 1.807) is 12.1 Å². The van der Waals surface area contributed by atoms with Gasteiger partial charge in [-0.1, -0.05) is 12.1 Å². The van der Waals surface area contributed by atoms with Gasteiger partial charge >= 0.3 is 10.1 Å². The van der Waals surface area contributed by atoms with Crippen LogP contribution in [-0.4, -0.2) is 35.6 Å². The molecule has 0 aliphatic heterocycles. The molecule has 0 amide bonds. The maximum absolute atomic E-state index is 12.4. The van der Waals surface area contributed by atoms with Gasteiger partial charge in [0, 0.05) is 6.07 Å². The van der Waals surface area contributed by atoms with E-state index in [9.17, 15) is 13.5 Å². The lowest BCUT2D eigenvalue weighted by Gasteiger charge is -2.09. The van der Waals surface area contributed by atoms with Crippen LogP contribution < -0.4 is 8.92 Å². The third kappa shape index (κ3) is 3.35. The number of rotatable bonds is 5. The van der Waals surface area contributed by atoms with Crippen LogP contribution in [0.1, 0.15) is 0 Å². The summed E-state index contributed by atoms with van der Waals surface area (Å²) in [5.41, 5.74) is 1.64. The number of phenolic OH excluding ortho intramolecular Hbond substituents is 1. The Labute approximate surface area is 160 Å². The smallest absolute Gasteiger partial charge is 0.339 e. The first kappa shape index (κ1) is 17.8. The fourth-order valence-electron chi connectivity index (χ4n) is 2.61. The molecule has 0 aliphatic carbocycles. The number of hydrogen-bond donors (Lipinski definition) is 1. The minimum atomic E-state index is -4.06. The van der Waals surface area contributed by atoms with E-state index >= 15 is 0 Å². The van der Waals surface area contributed by atoms with Crippen LogP contribution in [0, 0.1) is 0 Å². The molecule has 0 bridgehead atoms. The van der Waals surface area contributed by atoms with Gasteiger partial charge in [0.15, 0.2) is 0 Å². The van der Waals surface area contributed by atoms with E-state index in [4.69, 9.17) is 8.92 Å². The molecule has 9 heteroatoms. The van der Waals surface area contributed by atoms with Gasteiger partial charge in [-0.3, -0.25) is 0 Å². The van der Waals surface area contributed by atoms with Gasteiger partial charge in [0.05, 0.1) is 7.11 Å². The van der Waals surface area contributed by atoms with Crippen molar-refractivity contribution in [2.75, 3.05) is 7.11 Å². The van der Waals surface area contributed by atoms with Gasteiger partial charge in [0.2, 0.25) is 0 Å². The Bertz CT molecular complexity index is 1220. The highest BCUT2D eigenvalue weighted by Gasteiger charge is 2.18. The van der Waals surface area contributed by atoms with Crippen molar-refractivity contribution in [2.45, 2.75) is 4.90 Å². The van der Waals surface area contributed by atoms with E-state index in [2.05, 4.69) is 10.2 Å². The van der Waals surface area contributed by atoms with Crippen molar-refractivity contribution in [1.82, 2.24) is 15.0 Å². The van der Waals surface area contributed by atoms with Crippen LogP contribution in [0.15, 0.2) is 71.6 Å². The van der Waals surface area contributed by atoms with Crippen molar-refractivity contribution in [3.05, 3.63) is 66.7 Å². The first-order valence-corrected chi connectivity index (χ1v) is 9.61. The van der Waals surface area contributed by atoms with E-state index in [0.29, 0.717) is 22.5 Å². The van der Waals surface area contributed by atoms with Crippen LogP contribution in [0.5, 0.6) is 17.2 Å². The average Bonchev–Trinajstić information content (AvgIpc) is 3.11. The summed E-state index contributed by atoms with van der Waals surface area (Å²) in [5.74, 6) is 0.275. The Morgan fingerprint density at radius 1 is 0.893 bits per heavy atom. The molecule has 0 atom stereocenters. The molecule has 0 unspecified atom stereocenters. The number of aromatic hydroxyl groups is 1. The summed E-state index contributed by atoms with van der Waals surface area (Å²) >= 11 is 0. The highest BCUT2D eigenvalue weighted by atomic mass is 32.2. The lowest BCUT2D eigenvalue weighted by molar-refractivity contribution is 0.414. The summed E-state index contributed by atoms with van der Waals surface area (Å²) in [6, 6.07) is 17.2. The molecular formula is C19H15N3O5S. The van der Waals surface area contributed by atoms with Crippen molar-refractivity contribution in [3.8, 4) is 22.9 Å². The predicted octanol–water partition coefficient (Wildman–Crippen LogP) is 2.90. The number of benzene rings is 3. The monoisotopic (exact) mass is 397 g/mol. The summed E-state index contributed by atoms with van der Waals surface area (Å²) in [6.45, 7) is 0. The predicted molar refractivity (Wildman–Crippen MR) is 101 cm³/mol. The second kappa shape index (κ2) is 6.86. The van der Waals surface area contributed by atoms with Gasteiger partial charge in [0.25, 0.3) is 0 Å². The third-order valence-electron chi connectivity index (χ3n) is 4.00. The van der Waals surface area contributed by atoms with Crippen molar-refractivity contribution in [1.29, 1.82) is 0 Å². The lowest BCUT2D eigenvalue weighted by atomic mass is 10.3. The van der Waals surface area contributed by atoms with Gasteiger partial charge < -0.3 is 14.0 Å². The van der Waals surface area contributed by atoms with Gasteiger partial charge in [-0.2, -0.15) is 8.42 Å². The zero-order chi connectivity index (χ0) is 19.7. The summed E-state index contributed by atoms with van der Waals surface area (Å²) in [4.78, 5) is 1.25. The summed E-state index contributed by atoms with van der Waals surface area (Å²) in [7, 11) is -2.57. The molecule has 0 aliphatic rings. The van der Waals surface area contributed by atoms with Crippen molar-refractivity contribution < 1.29 is 22.4 Å². The normalized spacial score (nSPS) is 11.5. The second-order valence-electron chi connectivity index (χ2n) is 5.84. The van der Waals surface area contributed by atoms with Gasteiger partial charge in [-0.15, -0.1) is 15.0 Å². The molecule has 4 rings (SSSR count). The SMILES string of the molecule is COc1ccc(S(=O)(=O)Oc2ccc(-n3nc4ccccc4n3)c(O)c2)cc1.